The van der Waals surface area contributed by atoms with Crippen molar-refractivity contribution in [3.8, 4) is 0 Å². The number of carbonyl (C=O) groups is 4. The number of hydrazine groups is 1. The highest BCUT2D eigenvalue weighted by Crippen LogP contribution is 2.41. The second kappa shape index (κ2) is 17.8. The molecular formula is C30H39F10N7O5. The Labute approximate surface area is 291 Å². The molecule has 294 valence electrons. The summed E-state index contributed by atoms with van der Waals surface area (Å²) in [5.74, 6) is -7.97. The molecule has 0 saturated heterocycles. The van der Waals surface area contributed by atoms with Crippen LogP contribution in [0.4, 0.5) is 43.9 Å². The molecule has 7 N–H and O–H groups in total. The number of hydrogen-bond donors (Lipinski definition) is 7. The molecule has 0 heterocycles. The van der Waals surface area contributed by atoms with Crippen molar-refractivity contribution in [3.63, 3.8) is 0 Å². The van der Waals surface area contributed by atoms with Crippen LogP contribution in [0.2, 0.25) is 0 Å². The summed E-state index contributed by atoms with van der Waals surface area (Å²) in [6, 6.07) is -3.43. The minimum absolute atomic E-state index is 0.461. The lowest BCUT2D eigenvalue weighted by atomic mass is 9.82. The summed E-state index contributed by atoms with van der Waals surface area (Å²) in [4.78, 5) is 49.3. The fraction of sp³-hybridized carbons (Fsp3) is 0.567. The molecule has 52 heavy (non-hydrogen) atoms. The van der Waals surface area contributed by atoms with Crippen molar-refractivity contribution in [3.05, 3.63) is 47.2 Å². The Balaban J connectivity index is 3.51. The van der Waals surface area contributed by atoms with E-state index < -0.39 is 120 Å². The Bertz CT molecular complexity index is 1480. The lowest BCUT2D eigenvalue weighted by Crippen LogP contribution is -2.62. The summed E-state index contributed by atoms with van der Waals surface area (Å²) in [6.45, 7) is -2.01. The number of halogens is 10. The maximum absolute atomic E-state index is 15.2. The van der Waals surface area contributed by atoms with Crippen LogP contribution in [0, 0.1) is 27.9 Å². The van der Waals surface area contributed by atoms with Crippen LogP contribution in [0.25, 0.3) is 0 Å². The highest BCUT2D eigenvalue weighted by atomic mass is 19.4. The molecule has 1 unspecified atom stereocenters. The second-order valence-corrected chi connectivity index (χ2v) is 12.6. The number of amides is 4. The largest absolute Gasteiger partial charge is 0.396 e. The summed E-state index contributed by atoms with van der Waals surface area (Å²) in [5.41, 5.74) is -5.90. The minimum Gasteiger partial charge on any atom is -0.390 e. The molecule has 0 radical (unpaired) electrons. The van der Waals surface area contributed by atoms with Gasteiger partial charge in [0.05, 0.1) is 22.6 Å². The number of aliphatic hydroxyl groups is 1. The first-order chi connectivity index (χ1) is 23.5. The molecule has 0 aromatic heterocycles. The molecule has 1 aromatic carbocycles. The third kappa shape index (κ3) is 12.6. The first-order valence-electron chi connectivity index (χ1n) is 15.0. The van der Waals surface area contributed by atoms with Crippen molar-refractivity contribution in [1.82, 2.24) is 31.7 Å². The molecular weight excluding hydrogens is 728 g/mol. The zero-order valence-electron chi connectivity index (χ0n) is 28.5. The maximum Gasteiger partial charge on any atom is 0.396 e. The number of rotatable bonds is 17. The van der Waals surface area contributed by atoms with Gasteiger partial charge in [0.1, 0.15) is 23.7 Å². The number of allylic oxidation sites excluding steroid dienone is 1. The zero-order chi connectivity index (χ0) is 40.6. The van der Waals surface area contributed by atoms with Crippen LogP contribution in [0.5, 0.6) is 0 Å². The molecule has 4 amide bonds. The first kappa shape index (κ1) is 45.6. The minimum atomic E-state index is -5.11. The van der Waals surface area contributed by atoms with E-state index in [1.54, 1.807) is 0 Å². The van der Waals surface area contributed by atoms with Crippen LogP contribution in [0.3, 0.4) is 0 Å². The van der Waals surface area contributed by atoms with Crippen molar-refractivity contribution < 1.29 is 68.2 Å². The van der Waals surface area contributed by atoms with Gasteiger partial charge in [-0.3, -0.25) is 24.6 Å². The molecule has 0 fully saturated rings. The molecule has 0 aliphatic heterocycles. The molecule has 1 rings (SSSR count). The van der Waals surface area contributed by atoms with Gasteiger partial charge < -0.3 is 31.8 Å². The molecule has 0 bridgehead atoms. The molecule has 3 atom stereocenters. The average molecular weight is 768 g/mol. The fourth-order valence-corrected chi connectivity index (χ4v) is 4.29. The van der Waals surface area contributed by atoms with Crippen molar-refractivity contribution >= 4 is 29.3 Å². The standard InChI is InChI=1S/C30H39F10N7O5/c1-14(48)44-22(27(3,4)29(35,36)37)24(51)43-11-17(50)12-47(46-25(52)23(45-15(2)49)28(5,6)30(38,39)40)13-18-19(31)9-16(10-20(18)32)21(41)7-8-42-26(33)34/h7-10,17,22-23,26,41-42,50H,11-13H2,1-6H3,(H,43,51)(H,44,48)(H,45,49)(H,46,52)/b8-7-,41-21?/t17-,22?,23-/m1/s1. The molecule has 0 aliphatic rings. The van der Waals surface area contributed by atoms with Gasteiger partial charge in [-0.15, -0.1) is 0 Å². The van der Waals surface area contributed by atoms with Gasteiger partial charge in [-0.2, -0.15) is 35.1 Å². The molecule has 0 aliphatic carbocycles. The van der Waals surface area contributed by atoms with Crippen LogP contribution in [-0.4, -0.2) is 89.6 Å². The number of alkyl halides is 8. The van der Waals surface area contributed by atoms with Gasteiger partial charge in [-0.25, -0.2) is 13.8 Å². The van der Waals surface area contributed by atoms with E-state index in [1.165, 1.54) is 5.32 Å². The maximum atomic E-state index is 15.2. The van der Waals surface area contributed by atoms with Crippen molar-refractivity contribution in [1.29, 1.82) is 5.41 Å². The van der Waals surface area contributed by atoms with Crippen molar-refractivity contribution in [2.45, 2.75) is 85.2 Å². The Morgan fingerprint density at radius 3 is 1.69 bits per heavy atom. The van der Waals surface area contributed by atoms with Gasteiger partial charge in [-0.05, 0) is 45.9 Å². The number of hydrogen-bond acceptors (Lipinski definition) is 8. The summed E-state index contributed by atoms with van der Waals surface area (Å²) in [5, 5.41) is 26.2. The highest BCUT2D eigenvalue weighted by Gasteiger charge is 2.56. The Hall–Kier alpha value is -4.47. The van der Waals surface area contributed by atoms with Crippen LogP contribution >= 0.6 is 0 Å². The molecule has 12 nitrogen and oxygen atoms in total. The number of nitrogens with zero attached hydrogens (tertiary/aromatic N) is 1. The van der Waals surface area contributed by atoms with Crippen molar-refractivity contribution in [2.24, 2.45) is 10.8 Å². The summed E-state index contributed by atoms with van der Waals surface area (Å²) in [7, 11) is 0. The third-order valence-corrected chi connectivity index (χ3v) is 7.61. The number of benzene rings is 1. The lowest BCUT2D eigenvalue weighted by molar-refractivity contribution is -0.222. The Morgan fingerprint density at radius 1 is 0.846 bits per heavy atom. The summed E-state index contributed by atoms with van der Waals surface area (Å²) in [6.07, 6.45) is -10.7. The zero-order valence-corrected chi connectivity index (χ0v) is 28.5. The van der Waals surface area contributed by atoms with E-state index in [4.69, 9.17) is 5.41 Å². The van der Waals surface area contributed by atoms with E-state index in [0.717, 1.165) is 19.9 Å². The normalized spacial score (nSPS) is 14.5. The lowest BCUT2D eigenvalue weighted by Gasteiger charge is -2.37. The highest BCUT2D eigenvalue weighted by molar-refractivity contribution is 6.06. The van der Waals surface area contributed by atoms with E-state index in [-0.39, 0.29) is 0 Å². The monoisotopic (exact) mass is 767 g/mol. The smallest absolute Gasteiger partial charge is 0.390 e. The molecule has 22 heteroatoms. The van der Waals surface area contributed by atoms with Gasteiger partial charge in [0.25, 0.3) is 5.91 Å². The molecule has 0 saturated carbocycles. The number of nitrogens with one attached hydrogen (secondary N) is 6. The van der Waals surface area contributed by atoms with E-state index in [9.17, 15) is 59.4 Å². The quantitative estimate of drug-likeness (QED) is 0.0552. The fourth-order valence-electron chi connectivity index (χ4n) is 4.29. The molecule has 1 aromatic rings. The SMILES string of the molecule is CC(=O)NC(C(=O)NC[C@@H](O)CN(Cc1c(F)cc(C(=N)/C=C\NC(F)F)cc1F)NC(=O)[C@@H](NC(C)=O)C(C)(C)C(F)(F)F)C(C)(C)C(F)(F)F. The predicted octanol–water partition coefficient (Wildman–Crippen LogP) is 3.16. The third-order valence-electron chi connectivity index (χ3n) is 7.61. The predicted molar refractivity (Wildman–Crippen MR) is 164 cm³/mol. The Kier molecular flexibility index (Phi) is 15.6. The number of aliphatic hydroxyl groups excluding tert-OH is 1. The summed E-state index contributed by atoms with van der Waals surface area (Å²) < 4.78 is 138. The van der Waals surface area contributed by atoms with Crippen LogP contribution < -0.4 is 26.7 Å². The van der Waals surface area contributed by atoms with Gasteiger partial charge in [0.2, 0.25) is 17.7 Å². The van der Waals surface area contributed by atoms with E-state index in [1.807, 2.05) is 21.4 Å². The van der Waals surface area contributed by atoms with Gasteiger partial charge in [0.15, 0.2) is 0 Å². The van der Waals surface area contributed by atoms with E-state index in [0.29, 0.717) is 51.0 Å². The Morgan fingerprint density at radius 2 is 1.29 bits per heavy atom. The topological polar surface area (TPSA) is 176 Å². The number of carbonyl (C=O) groups excluding carboxylic acids is 4. The van der Waals surface area contributed by atoms with E-state index >= 15 is 8.78 Å². The second-order valence-electron chi connectivity index (χ2n) is 12.6. The average Bonchev–Trinajstić information content (AvgIpc) is 2.97. The van der Waals surface area contributed by atoms with Crippen molar-refractivity contribution in [2.75, 3.05) is 13.1 Å². The summed E-state index contributed by atoms with van der Waals surface area (Å²) >= 11 is 0. The van der Waals surface area contributed by atoms with Gasteiger partial charge >= 0.3 is 18.9 Å². The molecule has 0 spiro atoms. The van der Waals surface area contributed by atoms with Gasteiger partial charge in [-0.1, -0.05) is 0 Å². The van der Waals surface area contributed by atoms with Gasteiger partial charge in [0, 0.05) is 50.8 Å². The van der Waals surface area contributed by atoms with Crippen LogP contribution in [-0.2, 0) is 25.7 Å². The van der Waals surface area contributed by atoms with Crippen LogP contribution in [0.15, 0.2) is 24.4 Å². The van der Waals surface area contributed by atoms with Crippen LogP contribution in [0.1, 0.15) is 52.7 Å². The van der Waals surface area contributed by atoms with E-state index in [2.05, 4.69) is 0 Å². The first-order valence-corrected chi connectivity index (χ1v) is 15.0.